The lowest BCUT2D eigenvalue weighted by atomic mass is 10.1. The normalized spacial score (nSPS) is 12.5. The molecule has 0 aliphatic rings. The van der Waals surface area contributed by atoms with E-state index in [0.29, 0.717) is 11.3 Å². The van der Waals surface area contributed by atoms with E-state index in [1.54, 1.807) is 19.2 Å². The summed E-state index contributed by atoms with van der Waals surface area (Å²) in [5.41, 5.74) is 0.617. The van der Waals surface area contributed by atoms with E-state index in [0.717, 1.165) is 13.0 Å². The van der Waals surface area contributed by atoms with E-state index in [9.17, 15) is 4.39 Å². The van der Waals surface area contributed by atoms with Crippen molar-refractivity contribution >= 4 is 0 Å². The zero-order chi connectivity index (χ0) is 12.7. The largest absolute Gasteiger partial charge is 0.496 e. The van der Waals surface area contributed by atoms with E-state index >= 15 is 0 Å². The van der Waals surface area contributed by atoms with Gasteiger partial charge in [-0.2, -0.15) is 0 Å². The summed E-state index contributed by atoms with van der Waals surface area (Å²) in [6, 6.07) is 4.91. The molecule has 0 fully saturated rings. The van der Waals surface area contributed by atoms with Crippen molar-refractivity contribution in [1.82, 2.24) is 5.32 Å². The predicted octanol–water partition coefficient (Wildman–Crippen LogP) is 3.68. The Hall–Kier alpha value is -1.09. The van der Waals surface area contributed by atoms with Crippen LogP contribution in [0.3, 0.4) is 0 Å². The number of halogens is 1. The van der Waals surface area contributed by atoms with E-state index in [1.807, 2.05) is 6.92 Å². The third kappa shape index (κ3) is 4.00. The first-order valence-corrected chi connectivity index (χ1v) is 6.26. The van der Waals surface area contributed by atoms with Crippen LogP contribution in [0.4, 0.5) is 4.39 Å². The third-order valence-electron chi connectivity index (χ3n) is 2.90. The predicted molar refractivity (Wildman–Crippen MR) is 68.9 cm³/mol. The van der Waals surface area contributed by atoms with Crippen molar-refractivity contribution in [3.05, 3.63) is 29.6 Å². The number of ether oxygens (including phenoxy) is 1. The van der Waals surface area contributed by atoms with Crippen LogP contribution in [0.15, 0.2) is 18.2 Å². The summed E-state index contributed by atoms with van der Waals surface area (Å²) in [4.78, 5) is 0. The molecule has 1 aromatic carbocycles. The summed E-state index contributed by atoms with van der Waals surface area (Å²) in [7, 11) is 1.57. The van der Waals surface area contributed by atoms with Gasteiger partial charge in [0.2, 0.25) is 0 Å². The lowest BCUT2D eigenvalue weighted by molar-refractivity contribution is 0.393. The van der Waals surface area contributed by atoms with E-state index in [4.69, 9.17) is 4.74 Å². The maximum Gasteiger partial charge on any atom is 0.131 e. The van der Waals surface area contributed by atoms with Crippen molar-refractivity contribution in [2.24, 2.45) is 0 Å². The van der Waals surface area contributed by atoms with Gasteiger partial charge in [0, 0.05) is 11.6 Å². The van der Waals surface area contributed by atoms with E-state index < -0.39 is 0 Å². The number of rotatable bonds is 7. The molecule has 0 heterocycles. The molecule has 0 aromatic heterocycles. The molecular formula is C14H22FNO. The Bertz CT molecular complexity index is 341. The number of methoxy groups -OCH3 is 1. The Labute approximate surface area is 103 Å². The van der Waals surface area contributed by atoms with Gasteiger partial charge in [-0.1, -0.05) is 25.8 Å². The molecule has 0 spiro atoms. The highest BCUT2D eigenvalue weighted by molar-refractivity contribution is 5.36. The molecule has 0 amide bonds. The van der Waals surface area contributed by atoms with Gasteiger partial charge in [-0.05, 0) is 32.0 Å². The van der Waals surface area contributed by atoms with Crippen molar-refractivity contribution in [2.75, 3.05) is 13.7 Å². The fourth-order valence-corrected chi connectivity index (χ4v) is 1.91. The van der Waals surface area contributed by atoms with Crippen LogP contribution in [0.5, 0.6) is 5.75 Å². The van der Waals surface area contributed by atoms with E-state index in [-0.39, 0.29) is 11.9 Å². The second-order valence-electron chi connectivity index (χ2n) is 4.24. The highest BCUT2D eigenvalue weighted by Crippen LogP contribution is 2.27. The Morgan fingerprint density at radius 3 is 2.76 bits per heavy atom. The Morgan fingerprint density at radius 1 is 1.35 bits per heavy atom. The molecule has 17 heavy (non-hydrogen) atoms. The van der Waals surface area contributed by atoms with Crippen LogP contribution >= 0.6 is 0 Å². The van der Waals surface area contributed by atoms with Crippen molar-refractivity contribution < 1.29 is 9.13 Å². The topological polar surface area (TPSA) is 21.3 Å². The first-order chi connectivity index (χ1) is 8.20. The molecular weight excluding hydrogens is 217 g/mol. The SMILES string of the molecule is CCCCCNC(C)c1c(F)cccc1OC. The molecule has 1 aromatic rings. The average Bonchev–Trinajstić information content (AvgIpc) is 2.34. The average molecular weight is 239 g/mol. The fraction of sp³-hybridized carbons (Fsp3) is 0.571. The third-order valence-corrected chi connectivity index (χ3v) is 2.90. The molecule has 1 N–H and O–H groups in total. The van der Waals surface area contributed by atoms with Crippen LogP contribution in [-0.4, -0.2) is 13.7 Å². The van der Waals surface area contributed by atoms with Gasteiger partial charge in [-0.3, -0.25) is 0 Å². The van der Waals surface area contributed by atoms with Gasteiger partial charge in [0.15, 0.2) is 0 Å². The highest BCUT2D eigenvalue weighted by atomic mass is 19.1. The van der Waals surface area contributed by atoms with Crippen LogP contribution in [0.1, 0.15) is 44.7 Å². The van der Waals surface area contributed by atoms with Crippen LogP contribution in [-0.2, 0) is 0 Å². The minimum absolute atomic E-state index is 0.0250. The molecule has 0 radical (unpaired) electrons. The smallest absolute Gasteiger partial charge is 0.131 e. The molecule has 0 aliphatic heterocycles. The summed E-state index contributed by atoms with van der Waals surface area (Å²) in [6.45, 7) is 5.04. The number of benzene rings is 1. The van der Waals surface area contributed by atoms with Gasteiger partial charge in [0.05, 0.1) is 7.11 Å². The number of hydrogen-bond acceptors (Lipinski definition) is 2. The van der Waals surface area contributed by atoms with Crippen LogP contribution in [0.2, 0.25) is 0 Å². The lowest BCUT2D eigenvalue weighted by Crippen LogP contribution is -2.21. The summed E-state index contributed by atoms with van der Waals surface area (Å²) >= 11 is 0. The second-order valence-corrected chi connectivity index (χ2v) is 4.24. The minimum Gasteiger partial charge on any atom is -0.496 e. The Morgan fingerprint density at radius 2 is 2.12 bits per heavy atom. The van der Waals surface area contributed by atoms with Gasteiger partial charge in [-0.25, -0.2) is 4.39 Å². The molecule has 1 unspecified atom stereocenters. The zero-order valence-electron chi connectivity index (χ0n) is 10.9. The highest BCUT2D eigenvalue weighted by Gasteiger charge is 2.15. The maximum atomic E-state index is 13.7. The minimum atomic E-state index is -0.208. The molecule has 1 rings (SSSR count). The van der Waals surface area contributed by atoms with Crippen molar-refractivity contribution in [3.8, 4) is 5.75 Å². The van der Waals surface area contributed by atoms with E-state index in [2.05, 4.69) is 12.2 Å². The van der Waals surface area contributed by atoms with Crippen LogP contribution < -0.4 is 10.1 Å². The van der Waals surface area contributed by atoms with Gasteiger partial charge >= 0.3 is 0 Å². The van der Waals surface area contributed by atoms with Crippen molar-refractivity contribution in [2.45, 2.75) is 39.2 Å². The summed E-state index contributed by atoms with van der Waals surface area (Å²) in [5, 5.41) is 3.33. The second kappa shape index (κ2) is 7.28. The molecule has 96 valence electrons. The molecule has 0 saturated carbocycles. The van der Waals surface area contributed by atoms with Crippen molar-refractivity contribution in [3.63, 3.8) is 0 Å². The van der Waals surface area contributed by atoms with Crippen molar-refractivity contribution in [1.29, 1.82) is 0 Å². The van der Waals surface area contributed by atoms with Crippen LogP contribution in [0, 0.1) is 5.82 Å². The van der Waals surface area contributed by atoms with Gasteiger partial charge < -0.3 is 10.1 Å². The van der Waals surface area contributed by atoms with Gasteiger partial charge in [0.1, 0.15) is 11.6 Å². The summed E-state index contributed by atoms with van der Waals surface area (Å²) in [6.07, 6.45) is 3.52. The molecule has 0 saturated heterocycles. The molecule has 0 bridgehead atoms. The summed E-state index contributed by atoms with van der Waals surface area (Å²) in [5.74, 6) is 0.403. The molecule has 0 aliphatic carbocycles. The lowest BCUT2D eigenvalue weighted by Gasteiger charge is -2.17. The van der Waals surface area contributed by atoms with Gasteiger partial charge in [0.25, 0.3) is 0 Å². The monoisotopic (exact) mass is 239 g/mol. The fourth-order valence-electron chi connectivity index (χ4n) is 1.91. The molecule has 1 atom stereocenters. The number of unbranched alkanes of at least 4 members (excludes halogenated alkanes) is 2. The standard InChI is InChI=1S/C14H22FNO/c1-4-5-6-10-16-11(2)14-12(15)8-7-9-13(14)17-3/h7-9,11,16H,4-6,10H2,1-3H3. The molecule has 2 nitrogen and oxygen atoms in total. The van der Waals surface area contributed by atoms with E-state index in [1.165, 1.54) is 18.9 Å². The Kier molecular flexibility index (Phi) is 5.98. The maximum absolute atomic E-state index is 13.7. The first kappa shape index (κ1) is 14.0. The van der Waals surface area contributed by atoms with Gasteiger partial charge in [-0.15, -0.1) is 0 Å². The van der Waals surface area contributed by atoms with Crippen LogP contribution in [0.25, 0.3) is 0 Å². The molecule has 3 heteroatoms. The first-order valence-electron chi connectivity index (χ1n) is 6.26. The quantitative estimate of drug-likeness (QED) is 0.733. The Balaban J connectivity index is 2.64. The zero-order valence-corrected chi connectivity index (χ0v) is 10.9. The summed E-state index contributed by atoms with van der Waals surface area (Å²) < 4.78 is 18.9. The number of nitrogens with one attached hydrogen (secondary N) is 1. The number of hydrogen-bond donors (Lipinski definition) is 1.